The molecule has 6 N–H and O–H groups in total. The third-order valence-electron chi connectivity index (χ3n) is 3.41. The van der Waals surface area contributed by atoms with E-state index in [9.17, 15) is 14.8 Å². The predicted molar refractivity (Wildman–Crippen MR) is 73.7 cm³/mol. The average molecular weight is 347 g/mol. The summed E-state index contributed by atoms with van der Waals surface area (Å²) < 4.78 is 22.3. The predicted octanol–water partition coefficient (Wildman–Crippen LogP) is -1.86. The van der Waals surface area contributed by atoms with Crippen LogP contribution >= 0.6 is 7.82 Å². The number of aliphatic hydroxyl groups is 2. The van der Waals surface area contributed by atoms with Gasteiger partial charge in [0.2, 0.25) is 0 Å². The average Bonchev–Trinajstić information content (AvgIpc) is 3.01. The monoisotopic (exact) mass is 347 g/mol. The van der Waals surface area contributed by atoms with Crippen molar-refractivity contribution in [1.82, 2.24) is 19.5 Å². The molecule has 0 saturated carbocycles. The second-order valence-corrected chi connectivity index (χ2v) is 6.07. The highest BCUT2D eigenvalue weighted by atomic mass is 31.2. The Labute approximate surface area is 128 Å². The third-order valence-corrected chi connectivity index (χ3v) is 3.93. The van der Waals surface area contributed by atoms with E-state index in [0.717, 1.165) is 0 Å². The summed E-state index contributed by atoms with van der Waals surface area (Å²) in [7, 11) is -4.88. The first-order valence-corrected chi connectivity index (χ1v) is 7.96. The quantitative estimate of drug-likeness (QED) is 0.390. The molecule has 4 atom stereocenters. The van der Waals surface area contributed by atoms with E-state index in [2.05, 4.69) is 19.5 Å². The summed E-state index contributed by atoms with van der Waals surface area (Å²) in [5, 5.41) is 19.6. The highest BCUT2D eigenvalue weighted by molar-refractivity contribution is 7.46. The minimum Gasteiger partial charge on any atom is -0.394 e. The number of phosphoric ester groups is 1. The van der Waals surface area contributed by atoms with Gasteiger partial charge in [-0.3, -0.25) is 9.09 Å². The number of nitrogens with zero attached hydrogens (tertiary/aromatic N) is 4. The molecule has 13 heteroatoms. The number of imidazole rings is 1. The normalized spacial score (nSPS) is 28.5. The van der Waals surface area contributed by atoms with Crippen molar-refractivity contribution in [3.8, 4) is 0 Å². The molecular formula is C10H14N5O7P. The van der Waals surface area contributed by atoms with Crippen molar-refractivity contribution in [2.75, 3.05) is 12.3 Å². The summed E-state index contributed by atoms with van der Waals surface area (Å²) in [4.78, 5) is 29.6. The van der Waals surface area contributed by atoms with E-state index in [1.165, 1.54) is 17.2 Å². The first kappa shape index (κ1) is 16.2. The minimum atomic E-state index is -4.88. The molecular weight excluding hydrogens is 333 g/mol. The van der Waals surface area contributed by atoms with Crippen LogP contribution in [0.2, 0.25) is 0 Å². The molecule has 1 fully saturated rings. The lowest BCUT2D eigenvalue weighted by Crippen LogP contribution is -2.35. The molecule has 2 aromatic heterocycles. The molecule has 1 saturated heterocycles. The zero-order valence-corrected chi connectivity index (χ0v) is 12.4. The van der Waals surface area contributed by atoms with Gasteiger partial charge in [-0.15, -0.1) is 0 Å². The Kier molecular flexibility index (Phi) is 4.06. The molecule has 23 heavy (non-hydrogen) atoms. The summed E-state index contributed by atoms with van der Waals surface area (Å²) in [6.07, 6.45) is -2.68. The number of nitrogens with two attached hydrogens (primary N) is 1. The summed E-state index contributed by atoms with van der Waals surface area (Å²) in [6.45, 7) is -0.609. The zero-order valence-electron chi connectivity index (χ0n) is 11.5. The Morgan fingerprint density at radius 2 is 2.13 bits per heavy atom. The summed E-state index contributed by atoms with van der Waals surface area (Å²) >= 11 is 0. The van der Waals surface area contributed by atoms with Crippen LogP contribution in [0.4, 0.5) is 5.82 Å². The van der Waals surface area contributed by atoms with E-state index in [0.29, 0.717) is 0 Å². The van der Waals surface area contributed by atoms with E-state index >= 15 is 0 Å². The Hall–Kier alpha value is -1.66. The zero-order chi connectivity index (χ0) is 16.8. The Bertz CT molecular complexity index is 763. The molecule has 0 aliphatic carbocycles. The van der Waals surface area contributed by atoms with Gasteiger partial charge in [-0.1, -0.05) is 0 Å². The number of phosphoric acid groups is 1. The minimum absolute atomic E-state index is 0.128. The number of hydrogen-bond donors (Lipinski definition) is 5. The van der Waals surface area contributed by atoms with E-state index in [1.807, 2.05) is 0 Å². The number of aromatic nitrogens is 4. The Balaban J connectivity index is 1.96. The molecule has 1 aliphatic rings. The molecule has 0 amide bonds. The van der Waals surface area contributed by atoms with Gasteiger partial charge in [-0.05, 0) is 0 Å². The molecule has 126 valence electrons. The van der Waals surface area contributed by atoms with Crippen LogP contribution in [-0.4, -0.2) is 64.4 Å². The van der Waals surface area contributed by atoms with Crippen molar-refractivity contribution < 1.29 is 33.8 Å². The largest absolute Gasteiger partial charge is 0.470 e. The maximum atomic E-state index is 11.0. The van der Waals surface area contributed by atoms with Crippen molar-refractivity contribution in [1.29, 1.82) is 0 Å². The fourth-order valence-electron chi connectivity index (χ4n) is 2.44. The molecule has 0 aromatic carbocycles. The Morgan fingerprint density at radius 3 is 2.78 bits per heavy atom. The number of fused-ring (bicyclic) bond motifs is 1. The number of hydrogen-bond acceptors (Lipinski definition) is 9. The van der Waals surface area contributed by atoms with Gasteiger partial charge in [0.25, 0.3) is 0 Å². The van der Waals surface area contributed by atoms with Crippen molar-refractivity contribution in [3.63, 3.8) is 0 Å². The standard InChI is InChI=1S/C10H14N5O7P/c11-8-5-9(13-2-12-8)15(3-14-5)10-6(17)7(4(1-16)21-10)22-23(18,19)20/h2-4,6-7,10,16-17H,1H2,(H2,11,12,13)(H2,18,19,20)/t4-,6?,7+,10-/m1/s1. The first-order chi connectivity index (χ1) is 10.8. The van der Waals surface area contributed by atoms with Crippen LogP contribution < -0.4 is 5.73 Å². The van der Waals surface area contributed by atoms with Gasteiger partial charge in [0.1, 0.15) is 30.2 Å². The third kappa shape index (κ3) is 2.93. The highest BCUT2D eigenvalue weighted by Crippen LogP contribution is 2.44. The molecule has 3 rings (SSSR count). The van der Waals surface area contributed by atoms with Crippen LogP contribution in [0.3, 0.4) is 0 Å². The van der Waals surface area contributed by atoms with Crippen LogP contribution in [-0.2, 0) is 13.8 Å². The van der Waals surface area contributed by atoms with Crippen LogP contribution in [0, 0.1) is 0 Å². The first-order valence-electron chi connectivity index (χ1n) is 6.43. The molecule has 0 bridgehead atoms. The van der Waals surface area contributed by atoms with Crippen LogP contribution in [0.1, 0.15) is 6.23 Å². The lowest BCUT2D eigenvalue weighted by Gasteiger charge is -2.19. The van der Waals surface area contributed by atoms with Crippen LogP contribution in [0.25, 0.3) is 11.2 Å². The maximum absolute atomic E-state index is 11.0. The second-order valence-electron chi connectivity index (χ2n) is 4.88. The number of anilines is 1. The highest BCUT2D eigenvalue weighted by Gasteiger charge is 2.48. The topological polar surface area (TPSA) is 186 Å². The smallest absolute Gasteiger partial charge is 0.394 e. The fraction of sp³-hybridized carbons (Fsp3) is 0.500. The molecule has 3 heterocycles. The Morgan fingerprint density at radius 1 is 1.39 bits per heavy atom. The number of nitrogen functional groups attached to an aromatic ring is 1. The number of ether oxygens (including phenoxy) is 1. The summed E-state index contributed by atoms with van der Waals surface area (Å²) in [5.41, 5.74) is 6.21. The van der Waals surface area contributed by atoms with E-state index in [4.69, 9.17) is 20.3 Å². The fourth-order valence-corrected chi connectivity index (χ4v) is 3.02. The van der Waals surface area contributed by atoms with Crippen molar-refractivity contribution in [2.24, 2.45) is 0 Å². The molecule has 2 aromatic rings. The van der Waals surface area contributed by atoms with Gasteiger partial charge in [-0.25, -0.2) is 19.5 Å². The van der Waals surface area contributed by atoms with E-state index < -0.39 is 39.0 Å². The second kappa shape index (κ2) is 5.76. The lowest BCUT2D eigenvalue weighted by atomic mass is 10.1. The van der Waals surface area contributed by atoms with E-state index in [-0.39, 0.29) is 17.0 Å². The number of rotatable bonds is 4. The molecule has 1 unspecified atom stereocenters. The van der Waals surface area contributed by atoms with Gasteiger partial charge < -0.3 is 30.5 Å². The molecule has 0 radical (unpaired) electrons. The number of aliphatic hydroxyl groups excluding tert-OH is 2. The van der Waals surface area contributed by atoms with E-state index in [1.54, 1.807) is 0 Å². The molecule has 0 spiro atoms. The van der Waals surface area contributed by atoms with Crippen molar-refractivity contribution in [2.45, 2.75) is 24.5 Å². The molecule has 1 aliphatic heterocycles. The van der Waals surface area contributed by atoms with Crippen LogP contribution in [0.5, 0.6) is 0 Å². The van der Waals surface area contributed by atoms with Crippen LogP contribution in [0.15, 0.2) is 12.7 Å². The van der Waals surface area contributed by atoms with Gasteiger partial charge in [0.15, 0.2) is 17.7 Å². The summed E-state index contributed by atoms with van der Waals surface area (Å²) in [6, 6.07) is 0. The maximum Gasteiger partial charge on any atom is 0.470 e. The van der Waals surface area contributed by atoms with Gasteiger partial charge in [-0.2, -0.15) is 0 Å². The SMILES string of the molecule is Nc1ncnc2c1ncn2[C@@H]1O[C@H](CO)[C@H](OP(=O)(O)O)C1O. The van der Waals surface area contributed by atoms with Gasteiger partial charge in [0, 0.05) is 0 Å². The lowest BCUT2D eigenvalue weighted by molar-refractivity contribution is -0.0509. The van der Waals surface area contributed by atoms with Gasteiger partial charge in [0.05, 0.1) is 12.9 Å². The summed E-state index contributed by atoms with van der Waals surface area (Å²) in [5.74, 6) is 0.128. The van der Waals surface area contributed by atoms with Gasteiger partial charge >= 0.3 is 7.82 Å². The van der Waals surface area contributed by atoms with Crippen molar-refractivity contribution >= 4 is 24.8 Å². The molecule has 12 nitrogen and oxygen atoms in total. The van der Waals surface area contributed by atoms with Crippen molar-refractivity contribution in [3.05, 3.63) is 12.7 Å².